The summed E-state index contributed by atoms with van der Waals surface area (Å²) in [6.07, 6.45) is 0. The quantitative estimate of drug-likeness (QED) is 0.364. The Kier molecular flexibility index (Phi) is 11.4. The van der Waals surface area contributed by atoms with Gasteiger partial charge in [0.15, 0.2) is 0 Å². The second-order valence-electron chi connectivity index (χ2n) is 8.52. The third kappa shape index (κ3) is 6.43. The second-order valence-corrected chi connectivity index (χ2v) is 11.2. The molecule has 0 aliphatic heterocycles. The molecule has 0 bridgehead atoms. The van der Waals surface area contributed by atoms with Crippen molar-refractivity contribution in [2.45, 2.75) is 27.7 Å². The van der Waals surface area contributed by atoms with Gasteiger partial charge in [0.25, 0.3) is 0 Å². The fourth-order valence-electron chi connectivity index (χ4n) is 4.39. The molecule has 0 spiro atoms. The fourth-order valence-corrected chi connectivity index (χ4v) is 6.43. The monoisotopic (exact) mass is 544 g/mol. The van der Waals surface area contributed by atoms with Crippen LogP contribution in [0.1, 0.15) is 49.9 Å². The number of hydrogen-bond acceptors (Lipinski definition) is 6. The molecule has 0 N–H and O–H groups in total. The SMILES string of the molecule is C=C1c2ccccc2C(S(=O)(=O)[O-])=C(C)C1C.C=C1c2ccccc2C(S(=O)(=O)[O-])=C(C)C1C.[Na+].[Na+]. The van der Waals surface area contributed by atoms with Gasteiger partial charge in [0, 0.05) is 11.8 Å². The zero-order valence-corrected chi connectivity index (χ0v) is 27.1. The minimum absolute atomic E-state index is 0. The van der Waals surface area contributed by atoms with Gasteiger partial charge in [0.1, 0.15) is 20.2 Å². The Labute approximate surface area is 258 Å². The molecule has 0 saturated carbocycles. The van der Waals surface area contributed by atoms with Gasteiger partial charge in [-0.15, -0.1) is 0 Å². The normalized spacial score (nSPS) is 19.3. The van der Waals surface area contributed by atoms with Gasteiger partial charge in [0.2, 0.25) is 0 Å². The number of hydrogen-bond donors (Lipinski definition) is 0. The van der Waals surface area contributed by atoms with Crippen molar-refractivity contribution in [3.05, 3.63) is 95.1 Å². The molecule has 2 unspecified atom stereocenters. The molecule has 0 saturated heterocycles. The summed E-state index contributed by atoms with van der Waals surface area (Å²) in [5.41, 5.74) is 5.30. The summed E-state index contributed by atoms with van der Waals surface area (Å²) in [4.78, 5) is -0.180. The van der Waals surface area contributed by atoms with Crippen molar-refractivity contribution in [2.75, 3.05) is 0 Å². The second kappa shape index (κ2) is 12.4. The average molecular weight is 545 g/mol. The molecule has 36 heavy (non-hydrogen) atoms. The van der Waals surface area contributed by atoms with Crippen LogP contribution in [0.25, 0.3) is 21.0 Å². The Hall–Kier alpha value is -0.780. The molecular weight excluding hydrogens is 518 g/mol. The van der Waals surface area contributed by atoms with E-state index >= 15 is 0 Å². The van der Waals surface area contributed by atoms with Crippen molar-refractivity contribution in [2.24, 2.45) is 11.8 Å². The third-order valence-corrected chi connectivity index (χ3v) is 8.68. The molecule has 0 radical (unpaired) electrons. The van der Waals surface area contributed by atoms with Gasteiger partial charge in [-0.05, 0) is 58.4 Å². The Balaban J connectivity index is 0.000000341. The van der Waals surface area contributed by atoms with Crippen LogP contribution in [-0.2, 0) is 20.2 Å². The van der Waals surface area contributed by atoms with Crippen LogP contribution in [0, 0.1) is 11.8 Å². The van der Waals surface area contributed by atoms with Crippen LogP contribution in [0.2, 0.25) is 0 Å². The van der Waals surface area contributed by atoms with Crippen LogP contribution in [-0.4, -0.2) is 25.9 Å². The molecule has 180 valence electrons. The van der Waals surface area contributed by atoms with Crippen molar-refractivity contribution in [3.63, 3.8) is 0 Å². The standard InChI is InChI=1S/2C13H14O3S.2Na/c2*1-8-9(2)11-6-4-5-7-12(11)13(10(8)3)17(14,15)16;;/h2*4-8H,2H2,1,3H3,(H,14,15,16);;/q;;2*+1/p-2. The molecule has 0 amide bonds. The molecule has 2 aliphatic carbocycles. The predicted molar refractivity (Wildman–Crippen MR) is 134 cm³/mol. The molecule has 6 nitrogen and oxygen atoms in total. The summed E-state index contributed by atoms with van der Waals surface area (Å²) < 4.78 is 68.2. The first-order chi connectivity index (χ1) is 15.7. The van der Waals surface area contributed by atoms with E-state index in [1.165, 1.54) is 0 Å². The zero-order valence-electron chi connectivity index (χ0n) is 21.5. The van der Waals surface area contributed by atoms with Gasteiger partial charge in [-0.1, -0.05) is 75.5 Å². The molecule has 0 heterocycles. The van der Waals surface area contributed by atoms with Crippen molar-refractivity contribution >= 4 is 41.2 Å². The minimum atomic E-state index is -4.46. The zero-order chi connectivity index (χ0) is 25.6. The molecule has 2 aromatic rings. The molecule has 0 aromatic heterocycles. The van der Waals surface area contributed by atoms with Gasteiger partial charge in [0.05, 0.1) is 9.81 Å². The molecule has 0 fully saturated rings. The van der Waals surface area contributed by atoms with Crippen molar-refractivity contribution in [1.29, 1.82) is 0 Å². The van der Waals surface area contributed by atoms with E-state index < -0.39 is 20.2 Å². The van der Waals surface area contributed by atoms with Crippen LogP contribution < -0.4 is 59.1 Å². The number of benzene rings is 2. The Morgan fingerprint density at radius 3 is 1.11 bits per heavy atom. The number of fused-ring (bicyclic) bond motifs is 2. The predicted octanol–water partition coefficient (Wildman–Crippen LogP) is -0.741. The van der Waals surface area contributed by atoms with E-state index in [4.69, 9.17) is 0 Å². The topological polar surface area (TPSA) is 114 Å². The first-order valence-electron chi connectivity index (χ1n) is 10.6. The molecule has 2 aliphatic rings. The van der Waals surface area contributed by atoms with E-state index in [2.05, 4.69) is 13.2 Å². The van der Waals surface area contributed by atoms with Crippen LogP contribution in [0.3, 0.4) is 0 Å². The molecule has 4 rings (SSSR count). The maximum atomic E-state index is 11.4. The molecular formula is C26H26Na2O6S2. The summed E-state index contributed by atoms with van der Waals surface area (Å²) in [6.45, 7) is 15.0. The minimum Gasteiger partial charge on any atom is -0.744 e. The smallest absolute Gasteiger partial charge is 0.744 e. The van der Waals surface area contributed by atoms with Crippen molar-refractivity contribution in [3.8, 4) is 0 Å². The first kappa shape index (κ1) is 33.2. The summed E-state index contributed by atoms with van der Waals surface area (Å²) >= 11 is 0. The summed E-state index contributed by atoms with van der Waals surface area (Å²) in [5, 5.41) is 0. The molecule has 2 atom stereocenters. The van der Waals surface area contributed by atoms with Crippen LogP contribution in [0.15, 0.2) is 72.8 Å². The van der Waals surface area contributed by atoms with Gasteiger partial charge < -0.3 is 9.11 Å². The van der Waals surface area contributed by atoms with Crippen molar-refractivity contribution < 1.29 is 85.1 Å². The van der Waals surface area contributed by atoms with Gasteiger partial charge >= 0.3 is 59.1 Å². The maximum Gasteiger partial charge on any atom is 1.00 e. The van der Waals surface area contributed by atoms with Crippen LogP contribution in [0.4, 0.5) is 0 Å². The van der Waals surface area contributed by atoms with Gasteiger partial charge in [-0.25, -0.2) is 16.8 Å². The van der Waals surface area contributed by atoms with Crippen LogP contribution >= 0.6 is 0 Å². The fraction of sp³-hybridized carbons (Fsp3) is 0.231. The van der Waals surface area contributed by atoms with Gasteiger partial charge in [-0.3, -0.25) is 0 Å². The largest absolute Gasteiger partial charge is 1.00 e. The first-order valence-corrected chi connectivity index (χ1v) is 13.4. The van der Waals surface area contributed by atoms with Crippen LogP contribution in [0.5, 0.6) is 0 Å². The third-order valence-electron chi connectivity index (χ3n) is 6.60. The van der Waals surface area contributed by atoms with E-state index in [-0.39, 0.29) is 80.8 Å². The summed E-state index contributed by atoms with van der Waals surface area (Å²) in [6, 6.07) is 14.0. The summed E-state index contributed by atoms with van der Waals surface area (Å²) in [5.74, 6) is -0.243. The van der Waals surface area contributed by atoms with E-state index in [1.54, 1.807) is 50.2 Å². The summed E-state index contributed by atoms with van der Waals surface area (Å²) in [7, 11) is -8.91. The Bertz CT molecular complexity index is 1370. The maximum absolute atomic E-state index is 11.4. The van der Waals surface area contributed by atoms with Crippen molar-refractivity contribution in [1.82, 2.24) is 0 Å². The molecule has 10 heteroatoms. The van der Waals surface area contributed by atoms with E-state index in [9.17, 15) is 25.9 Å². The van der Waals surface area contributed by atoms with E-state index in [0.717, 1.165) is 22.3 Å². The van der Waals surface area contributed by atoms with E-state index in [0.29, 0.717) is 22.3 Å². The Morgan fingerprint density at radius 1 is 0.611 bits per heavy atom. The number of allylic oxidation sites excluding steroid dienone is 4. The molecule has 2 aromatic carbocycles. The number of rotatable bonds is 2. The average Bonchev–Trinajstić information content (AvgIpc) is 2.75. The van der Waals surface area contributed by atoms with E-state index in [1.807, 2.05) is 26.0 Å². The Morgan fingerprint density at radius 2 is 0.861 bits per heavy atom. The van der Waals surface area contributed by atoms with Gasteiger partial charge in [-0.2, -0.15) is 0 Å².